The molecule has 1 amide bonds. The van der Waals surface area contributed by atoms with E-state index in [-0.39, 0.29) is 29.2 Å². The molecule has 0 spiro atoms. The van der Waals surface area contributed by atoms with Gasteiger partial charge in [-0.25, -0.2) is 13.1 Å². The number of rotatable bonds is 12. The first-order valence-corrected chi connectivity index (χ1v) is 13.0. The van der Waals surface area contributed by atoms with Crippen molar-refractivity contribution in [3.8, 4) is 0 Å². The molecule has 8 nitrogen and oxygen atoms in total. The van der Waals surface area contributed by atoms with Gasteiger partial charge in [0.15, 0.2) is 5.78 Å². The minimum atomic E-state index is -3.73. The van der Waals surface area contributed by atoms with Crippen molar-refractivity contribution in [3.63, 3.8) is 0 Å². The van der Waals surface area contributed by atoms with Crippen LogP contribution in [-0.4, -0.2) is 44.6 Å². The molecule has 9 heteroatoms. The summed E-state index contributed by atoms with van der Waals surface area (Å²) in [4.78, 5) is 26.4. The molecular weight excluding hydrogens is 466 g/mol. The molecule has 1 unspecified atom stereocenters. The summed E-state index contributed by atoms with van der Waals surface area (Å²) < 4.78 is 33.2. The molecule has 186 valence electrons. The maximum Gasteiger partial charge on any atom is 0.251 e. The molecular formula is C26H31N3O5S. The van der Waals surface area contributed by atoms with Crippen molar-refractivity contribution in [2.75, 3.05) is 19.6 Å². The van der Waals surface area contributed by atoms with E-state index in [2.05, 4.69) is 28.8 Å². The van der Waals surface area contributed by atoms with Gasteiger partial charge in [0.05, 0.1) is 17.2 Å². The van der Waals surface area contributed by atoms with Crippen LogP contribution in [0.4, 0.5) is 0 Å². The molecule has 2 aromatic carbocycles. The summed E-state index contributed by atoms with van der Waals surface area (Å²) in [6.45, 7) is 7.67. The van der Waals surface area contributed by atoms with E-state index in [4.69, 9.17) is 4.42 Å². The zero-order chi connectivity index (χ0) is 25.4. The second kappa shape index (κ2) is 11.9. The Labute approximate surface area is 206 Å². The number of Topliss-reactive ketones (excluding diaryl/α,β-unsaturated/α-hetero) is 1. The topological polar surface area (TPSA) is 109 Å². The molecule has 35 heavy (non-hydrogen) atoms. The molecule has 3 rings (SSSR count). The minimum absolute atomic E-state index is 0.0675. The Balaban J connectivity index is 1.59. The second-order valence-corrected chi connectivity index (χ2v) is 9.83. The summed E-state index contributed by atoms with van der Waals surface area (Å²) in [5.74, 6) is 0.453. The molecule has 3 aromatic rings. The lowest BCUT2D eigenvalue weighted by Gasteiger charge is -2.28. The highest BCUT2D eigenvalue weighted by atomic mass is 32.2. The van der Waals surface area contributed by atoms with Crippen LogP contribution < -0.4 is 10.0 Å². The molecule has 0 radical (unpaired) electrons. The van der Waals surface area contributed by atoms with Gasteiger partial charge >= 0.3 is 0 Å². The number of hydrogen-bond acceptors (Lipinski definition) is 6. The summed E-state index contributed by atoms with van der Waals surface area (Å²) in [6, 6.07) is 16.2. The first-order chi connectivity index (χ1) is 16.7. The van der Waals surface area contributed by atoms with Crippen molar-refractivity contribution < 1.29 is 22.4 Å². The number of carbonyl (C=O) groups is 2. The third kappa shape index (κ3) is 6.88. The summed E-state index contributed by atoms with van der Waals surface area (Å²) in [6.07, 6.45) is 1.63. The minimum Gasteiger partial charge on any atom is -0.468 e. The number of carbonyl (C=O) groups excluding carboxylic acids is 2. The number of nitrogens with zero attached hydrogens (tertiary/aromatic N) is 1. The van der Waals surface area contributed by atoms with Gasteiger partial charge in [-0.3, -0.25) is 14.5 Å². The maximum atomic E-state index is 12.7. The van der Waals surface area contributed by atoms with Crippen LogP contribution in [0.1, 0.15) is 58.9 Å². The van der Waals surface area contributed by atoms with Crippen molar-refractivity contribution in [3.05, 3.63) is 89.4 Å². The largest absolute Gasteiger partial charge is 0.468 e. The van der Waals surface area contributed by atoms with E-state index in [1.165, 1.54) is 31.2 Å². The average molecular weight is 498 g/mol. The number of nitrogens with one attached hydrogen (secondary N) is 2. The summed E-state index contributed by atoms with van der Waals surface area (Å²) in [5, 5.41) is 2.97. The molecule has 0 aliphatic rings. The van der Waals surface area contributed by atoms with E-state index < -0.39 is 10.0 Å². The van der Waals surface area contributed by atoms with Crippen LogP contribution in [0.25, 0.3) is 0 Å². The Morgan fingerprint density at radius 2 is 1.57 bits per heavy atom. The Kier molecular flexibility index (Phi) is 8.97. The van der Waals surface area contributed by atoms with Crippen molar-refractivity contribution in [2.24, 2.45) is 0 Å². The van der Waals surface area contributed by atoms with Crippen molar-refractivity contribution in [1.82, 2.24) is 14.9 Å². The molecule has 1 aromatic heterocycles. The predicted molar refractivity (Wildman–Crippen MR) is 134 cm³/mol. The van der Waals surface area contributed by atoms with Crippen LogP contribution in [-0.2, 0) is 16.6 Å². The zero-order valence-corrected chi connectivity index (χ0v) is 21.0. The van der Waals surface area contributed by atoms with Crippen LogP contribution in [0.3, 0.4) is 0 Å². The molecule has 1 atom stereocenters. The first kappa shape index (κ1) is 26.3. The Hall–Kier alpha value is -3.27. The SMILES string of the molecule is CCN(CC)C(CNC(=O)c1ccc(CNS(=O)(=O)c2ccc(C(C)=O)cc2)cc1)c1ccco1. The van der Waals surface area contributed by atoms with Gasteiger partial charge in [-0.1, -0.05) is 38.1 Å². The molecule has 2 N–H and O–H groups in total. The number of hydrogen-bond donors (Lipinski definition) is 2. The monoisotopic (exact) mass is 497 g/mol. The lowest BCUT2D eigenvalue weighted by molar-refractivity contribution is 0.0929. The van der Waals surface area contributed by atoms with E-state index in [0.717, 1.165) is 18.8 Å². The van der Waals surface area contributed by atoms with E-state index in [9.17, 15) is 18.0 Å². The summed E-state index contributed by atoms with van der Waals surface area (Å²) >= 11 is 0. The third-order valence-electron chi connectivity index (χ3n) is 5.83. The fraction of sp³-hybridized carbons (Fsp3) is 0.308. The van der Waals surface area contributed by atoms with Gasteiger partial charge in [0.25, 0.3) is 5.91 Å². The molecule has 0 aliphatic heterocycles. The lowest BCUT2D eigenvalue weighted by atomic mass is 10.1. The van der Waals surface area contributed by atoms with Gasteiger partial charge in [0.2, 0.25) is 10.0 Å². The number of furan rings is 1. The Bertz CT molecular complexity index is 1220. The van der Waals surface area contributed by atoms with Crippen LogP contribution in [0.2, 0.25) is 0 Å². The molecule has 1 heterocycles. The summed E-state index contributed by atoms with van der Waals surface area (Å²) in [7, 11) is -3.73. The van der Waals surface area contributed by atoms with Gasteiger partial charge in [0, 0.05) is 24.2 Å². The van der Waals surface area contributed by atoms with Gasteiger partial charge in [-0.15, -0.1) is 0 Å². The van der Waals surface area contributed by atoms with E-state index in [1.807, 2.05) is 12.1 Å². The van der Waals surface area contributed by atoms with Gasteiger partial charge in [0.1, 0.15) is 5.76 Å². The highest BCUT2D eigenvalue weighted by molar-refractivity contribution is 7.89. The quantitative estimate of drug-likeness (QED) is 0.369. The van der Waals surface area contributed by atoms with Crippen molar-refractivity contribution in [2.45, 2.75) is 38.3 Å². The third-order valence-corrected chi connectivity index (χ3v) is 7.25. The second-order valence-electron chi connectivity index (χ2n) is 8.06. The van der Waals surface area contributed by atoms with Crippen LogP contribution >= 0.6 is 0 Å². The predicted octanol–water partition coefficient (Wildman–Crippen LogP) is 3.77. The van der Waals surface area contributed by atoms with Crippen LogP contribution in [0.15, 0.2) is 76.2 Å². The number of sulfonamides is 1. The van der Waals surface area contributed by atoms with Crippen LogP contribution in [0.5, 0.6) is 0 Å². The molecule has 0 saturated heterocycles. The van der Waals surface area contributed by atoms with Gasteiger partial charge in [-0.05, 0) is 62.0 Å². The average Bonchev–Trinajstić information content (AvgIpc) is 3.40. The maximum absolute atomic E-state index is 12.7. The number of likely N-dealkylation sites (N-methyl/N-ethyl adjacent to an activating group) is 1. The summed E-state index contributed by atoms with van der Waals surface area (Å²) in [5.41, 5.74) is 1.64. The number of ketones is 1. The van der Waals surface area contributed by atoms with E-state index in [0.29, 0.717) is 23.2 Å². The number of amides is 1. The van der Waals surface area contributed by atoms with Crippen molar-refractivity contribution in [1.29, 1.82) is 0 Å². The Morgan fingerprint density at radius 3 is 2.11 bits per heavy atom. The Morgan fingerprint density at radius 1 is 0.943 bits per heavy atom. The normalized spacial score (nSPS) is 12.5. The zero-order valence-electron chi connectivity index (χ0n) is 20.2. The molecule has 0 fully saturated rings. The first-order valence-electron chi connectivity index (χ1n) is 11.5. The lowest BCUT2D eigenvalue weighted by Crippen LogP contribution is -2.37. The highest BCUT2D eigenvalue weighted by Crippen LogP contribution is 2.20. The van der Waals surface area contributed by atoms with Crippen LogP contribution in [0, 0.1) is 0 Å². The standard InChI is InChI=1S/C26H31N3O5S/c1-4-29(5-2)24(25-7-6-16-34-25)18-27-26(31)22-10-8-20(9-11-22)17-28-35(32,33)23-14-12-21(13-15-23)19(3)30/h6-16,24,28H,4-5,17-18H2,1-3H3,(H,27,31). The number of benzene rings is 2. The molecule has 0 saturated carbocycles. The fourth-order valence-electron chi connectivity index (χ4n) is 3.75. The van der Waals surface area contributed by atoms with Gasteiger partial charge < -0.3 is 9.73 Å². The van der Waals surface area contributed by atoms with Gasteiger partial charge in [-0.2, -0.15) is 0 Å². The smallest absolute Gasteiger partial charge is 0.251 e. The molecule has 0 aliphatic carbocycles. The highest BCUT2D eigenvalue weighted by Gasteiger charge is 2.21. The fourth-order valence-corrected chi connectivity index (χ4v) is 4.77. The van der Waals surface area contributed by atoms with E-state index in [1.54, 1.807) is 30.5 Å². The van der Waals surface area contributed by atoms with Crippen molar-refractivity contribution >= 4 is 21.7 Å². The van der Waals surface area contributed by atoms with E-state index >= 15 is 0 Å². The molecule has 0 bridgehead atoms.